The average molecular weight is 280 g/mol. The topological polar surface area (TPSA) is 24.9 Å². The first-order valence-electron chi connectivity index (χ1n) is 8.03. The van der Waals surface area contributed by atoms with Crippen molar-refractivity contribution in [3.8, 4) is 0 Å². The summed E-state index contributed by atoms with van der Waals surface area (Å²) < 4.78 is 0. The van der Waals surface area contributed by atoms with Crippen LogP contribution in [0.25, 0.3) is 0 Å². The van der Waals surface area contributed by atoms with Crippen LogP contribution >= 0.6 is 0 Å². The van der Waals surface area contributed by atoms with E-state index >= 15 is 0 Å². The third-order valence-corrected chi connectivity index (χ3v) is 4.54. The summed E-state index contributed by atoms with van der Waals surface area (Å²) in [5.41, 5.74) is 5.44. The molecule has 3 rings (SSSR count). The molecule has 0 bridgehead atoms. The molecular weight excluding hydrogens is 256 g/mol. The summed E-state index contributed by atoms with van der Waals surface area (Å²) in [6, 6.07) is 13.7. The van der Waals surface area contributed by atoms with Gasteiger partial charge in [0, 0.05) is 23.9 Å². The number of benzene rings is 1. The SMILES string of the molecule is CCNC(c1ccc(C)nc1)C1CCCc2ccccc21. The van der Waals surface area contributed by atoms with Crippen LogP contribution in [0.15, 0.2) is 42.6 Å². The molecule has 0 saturated carbocycles. The van der Waals surface area contributed by atoms with Gasteiger partial charge in [-0.15, -0.1) is 0 Å². The van der Waals surface area contributed by atoms with E-state index < -0.39 is 0 Å². The van der Waals surface area contributed by atoms with Gasteiger partial charge in [-0.1, -0.05) is 37.3 Å². The Balaban J connectivity index is 1.96. The van der Waals surface area contributed by atoms with E-state index in [2.05, 4.69) is 53.6 Å². The quantitative estimate of drug-likeness (QED) is 0.909. The Labute approximate surface area is 127 Å². The Morgan fingerprint density at radius 1 is 1.24 bits per heavy atom. The lowest BCUT2D eigenvalue weighted by molar-refractivity contribution is 0.408. The fourth-order valence-corrected chi connectivity index (χ4v) is 3.51. The highest BCUT2D eigenvalue weighted by atomic mass is 14.9. The zero-order valence-electron chi connectivity index (χ0n) is 13.0. The maximum Gasteiger partial charge on any atom is 0.0404 e. The second kappa shape index (κ2) is 6.40. The third-order valence-electron chi connectivity index (χ3n) is 4.54. The number of hydrogen-bond acceptors (Lipinski definition) is 2. The van der Waals surface area contributed by atoms with Gasteiger partial charge in [-0.25, -0.2) is 0 Å². The zero-order valence-corrected chi connectivity index (χ0v) is 13.0. The summed E-state index contributed by atoms with van der Waals surface area (Å²) >= 11 is 0. The minimum Gasteiger partial charge on any atom is -0.310 e. The molecule has 0 radical (unpaired) electrons. The van der Waals surface area contributed by atoms with Crippen LogP contribution in [-0.2, 0) is 6.42 Å². The predicted octanol–water partition coefficient (Wildman–Crippen LogP) is 4.16. The van der Waals surface area contributed by atoms with Gasteiger partial charge >= 0.3 is 0 Å². The van der Waals surface area contributed by atoms with Crippen LogP contribution in [-0.4, -0.2) is 11.5 Å². The largest absolute Gasteiger partial charge is 0.310 e. The van der Waals surface area contributed by atoms with Crippen LogP contribution < -0.4 is 5.32 Å². The molecule has 2 unspecified atom stereocenters. The Kier molecular flexibility index (Phi) is 4.35. The smallest absolute Gasteiger partial charge is 0.0404 e. The van der Waals surface area contributed by atoms with Crippen LogP contribution in [0.3, 0.4) is 0 Å². The molecule has 110 valence electrons. The lowest BCUT2D eigenvalue weighted by Gasteiger charge is -2.33. The Morgan fingerprint density at radius 2 is 2.10 bits per heavy atom. The van der Waals surface area contributed by atoms with Crippen LogP contribution in [0.5, 0.6) is 0 Å². The van der Waals surface area contributed by atoms with E-state index in [9.17, 15) is 0 Å². The van der Waals surface area contributed by atoms with E-state index in [4.69, 9.17) is 0 Å². The molecule has 1 N–H and O–H groups in total. The van der Waals surface area contributed by atoms with Crippen molar-refractivity contribution in [2.45, 2.75) is 45.1 Å². The maximum atomic E-state index is 4.49. The number of fused-ring (bicyclic) bond motifs is 1. The molecule has 2 nitrogen and oxygen atoms in total. The number of pyridine rings is 1. The molecule has 2 atom stereocenters. The molecular formula is C19H24N2. The van der Waals surface area contributed by atoms with Crippen LogP contribution in [0.1, 0.15) is 54.1 Å². The first kappa shape index (κ1) is 14.3. The van der Waals surface area contributed by atoms with E-state index in [0.29, 0.717) is 12.0 Å². The highest BCUT2D eigenvalue weighted by molar-refractivity contribution is 5.36. The molecule has 0 spiro atoms. The van der Waals surface area contributed by atoms with Crippen molar-refractivity contribution in [3.63, 3.8) is 0 Å². The number of hydrogen-bond donors (Lipinski definition) is 1. The summed E-state index contributed by atoms with van der Waals surface area (Å²) in [5, 5.41) is 3.69. The molecule has 21 heavy (non-hydrogen) atoms. The normalized spacial score (nSPS) is 19.0. The van der Waals surface area contributed by atoms with E-state index in [1.807, 2.05) is 13.1 Å². The van der Waals surface area contributed by atoms with Crippen molar-refractivity contribution in [2.24, 2.45) is 0 Å². The number of nitrogens with one attached hydrogen (secondary N) is 1. The summed E-state index contributed by atoms with van der Waals surface area (Å²) in [6.45, 7) is 5.21. The summed E-state index contributed by atoms with van der Waals surface area (Å²) in [4.78, 5) is 4.49. The van der Waals surface area contributed by atoms with Gasteiger partial charge in [0.1, 0.15) is 0 Å². The van der Waals surface area contributed by atoms with Gasteiger partial charge in [-0.2, -0.15) is 0 Å². The van der Waals surface area contributed by atoms with Gasteiger partial charge in [-0.3, -0.25) is 4.98 Å². The van der Waals surface area contributed by atoms with E-state index in [-0.39, 0.29) is 0 Å². The predicted molar refractivity (Wildman–Crippen MR) is 87.5 cm³/mol. The second-order valence-electron chi connectivity index (χ2n) is 5.97. The average Bonchev–Trinajstić information content (AvgIpc) is 2.53. The summed E-state index contributed by atoms with van der Waals surface area (Å²) in [7, 11) is 0. The number of rotatable bonds is 4. The van der Waals surface area contributed by atoms with Crippen molar-refractivity contribution in [1.82, 2.24) is 10.3 Å². The maximum absolute atomic E-state index is 4.49. The summed E-state index contributed by atoms with van der Waals surface area (Å²) in [6.07, 6.45) is 5.79. The van der Waals surface area contributed by atoms with Gasteiger partial charge in [0.2, 0.25) is 0 Å². The molecule has 1 heterocycles. The fourth-order valence-electron chi connectivity index (χ4n) is 3.51. The van der Waals surface area contributed by atoms with Crippen molar-refractivity contribution in [3.05, 3.63) is 65.0 Å². The van der Waals surface area contributed by atoms with E-state index in [0.717, 1.165) is 12.2 Å². The molecule has 1 aromatic carbocycles. The van der Waals surface area contributed by atoms with Gasteiger partial charge in [0.25, 0.3) is 0 Å². The van der Waals surface area contributed by atoms with Crippen LogP contribution in [0.2, 0.25) is 0 Å². The fraction of sp³-hybridized carbons (Fsp3) is 0.421. The molecule has 0 saturated heterocycles. The molecule has 1 aromatic heterocycles. The molecule has 0 aliphatic heterocycles. The minimum absolute atomic E-state index is 0.365. The molecule has 1 aliphatic rings. The van der Waals surface area contributed by atoms with Crippen LogP contribution in [0, 0.1) is 6.92 Å². The first-order valence-corrected chi connectivity index (χ1v) is 8.03. The minimum atomic E-state index is 0.365. The van der Waals surface area contributed by atoms with Crippen molar-refractivity contribution < 1.29 is 0 Å². The van der Waals surface area contributed by atoms with Gasteiger partial charge < -0.3 is 5.32 Å². The molecule has 2 aromatic rings. The second-order valence-corrected chi connectivity index (χ2v) is 5.97. The van der Waals surface area contributed by atoms with Gasteiger partial charge in [-0.05, 0) is 55.5 Å². The van der Waals surface area contributed by atoms with Gasteiger partial charge in [0.05, 0.1) is 0 Å². The van der Waals surface area contributed by atoms with E-state index in [1.54, 1.807) is 0 Å². The van der Waals surface area contributed by atoms with Crippen molar-refractivity contribution >= 4 is 0 Å². The highest BCUT2D eigenvalue weighted by Gasteiger charge is 2.28. The van der Waals surface area contributed by atoms with Crippen molar-refractivity contribution in [2.75, 3.05) is 6.54 Å². The monoisotopic (exact) mass is 280 g/mol. The molecule has 1 aliphatic carbocycles. The molecule has 2 heteroatoms. The Hall–Kier alpha value is -1.67. The standard InChI is InChI=1S/C19H24N2/c1-3-20-19(16-12-11-14(2)21-13-16)18-10-6-8-15-7-4-5-9-17(15)18/h4-5,7,9,11-13,18-20H,3,6,8,10H2,1-2H3. The number of likely N-dealkylation sites (N-methyl/N-ethyl adjacent to an activating group) is 1. The number of aryl methyl sites for hydroxylation is 2. The zero-order chi connectivity index (χ0) is 14.7. The van der Waals surface area contributed by atoms with Crippen LogP contribution in [0.4, 0.5) is 0 Å². The molecule has 0 fully saturated rings. The highest BCUT2D eigenvalue weighted by Crippen LogP contribution is 2.40. The lowest BCUT2D eigenvalue weighted by atomic mass is 9.77. The number of nitrogens with zero attached hydrogens (tertiary/aromatic N) is 1. The third kappa shape index (κ3) is 3.01. The molecule has 0 amide bonds. The van der Waals surface area contributed by atoms with E-state index in [1.165, 1.54) is 36.0 Å². The summed E-state index contributed by atoms with van der Waals surface area (Å²) in [5.74, 6) is 0.555. The Morgan fingerprint density at radius 3 is 2.86 bits per heavy atom. The van der Waals surface area contributed by atoms with Gasteiger partial charge in [0.15, 0.2) is 0 Å². The lowest BCUT2D eigenvalue weighted by Crippen LogP contribution is -2.29. The Bertz CT molecular complexity index is 589. The first-order chi connectivity index (χ1) is 10.3. The number of aromatic nitrogens is 1. The van der Waals surface area contributed by atoms with Crippen molar-refractivity contribution in [1.29, 1.82) is 0 Å².